The van der Waals surface area contributed by atoms with Gasteiger partial charge in [0, 0.05) is 6.04 Å². The Hall–Kier alpha value is -1.20. The smallest absolute Gasteiger partial charge is 0.253 e. The Balaban J connectivity index is 2.00. The van der Waals surface area contributed by atoms with E-state index in [1.807, 2.05) is 6.26 Å². The molecule has 2 rings (SSSR count). The minimum Gasteiger partial charge on any atom is -0.352 e. The van der Waals surface area contributed by atoms with Crippen molar-refractivity contribution in [2.45, 2.75) is 57.0 Å². The van der Waals surface area contributed by atoms with E-state index in [4.69, 9.17) is 11.6 Å². The second-order valence-electron chi connectivity index (χ2n) is 6.48. The SMILES string of the molecule is CSCC[C@@H](NC(=O)c1ccccc1Cl)C(=O)NC1CCCCCC1. The highest BCUT2D eigenvalue weighted by Gasteiger charge is 2.24. The van der Waals surface area contributed by atoms with Gasteiger partial charge in [-0.25, -0.2) is 0 Å². The highest BCUT2D eigenvalue weighted by atomic mass is 35.5. The molecule has 1 aliphatic carbocycles. The van der Waals surface area contributed by atoms with Gasteiger partial charge in [0.15, 0.2) is 0 Å². The summed E-state index contributed by atoms with van der Waals surface area (Å²) in [4.78, 5) is 25.2. The summed E-state index contributed by atoms with van der Waals surface area (Å²) >= 11 is 7.76. The highest BCUT2D eigenvalue weighted by molar-refractivity contribution is 7.98. The van der Waals surface area contributed by atoms with Crippen molar-refractivity contribution in [2.24, 2.45) is 0 Å². The van der Waals surface area contributed by atoms with E-state index in [1.54, 1.807) is 36.0 Å². The van der Waals surface area contributed by atoms with E-state index in [1.165, 1.54) is 12.8 Å². The van der Waals surface area contributed by atoms with E-state index in [0.717, 1.165) is 31.4 Å². The number of rotatable bonds is 7. The van der Waals surface area contributed by atoms with Crippen LogP contribution < -0.4 is 10.6 Å². The summed E-state index contributed by atoms with van der Waals surface area (Å²) in [6, 6.07) is 6.60. The molecule has 1 aromatic carbocycles. The molecule has 0 unspecified atom stereocenters. The fourth-order valence-electron chi connectivity index (χ4n) is 3.11. The van der Waals surface area contributed by atoms with Crippen LogP contribution in [0, 0.1) is 0 Å². The maximum Gasteiger partial charge on any atom is 0.253 e. The molecule has 2 amide bonds. The predicted molar refractivity (Wildman–Crippen MR) is 105 cm³/mol. The zero-order valence-electron chi connectivity index (χ0n) is 14.7. The van der Waals surface area contributed by atoms with Crippen LogP contribution in [-0.2, 0) is 4.79 Å². The van der Waals surface area contributed by atoms with Gasteiger partial charge in [0.2, 0.25) is 5.91 Å². The number of thioether (sulfide) groups is 1. The maximum absolute atomic E-state index is 12.7. The number of carbonyl (C=O) groups excluding carboxylic acids is 2. The normalized spacial score (nSPS) is 16.7. The first-order valence-electron chi connectivity index (χ1n) is 8.96. The van der Waals surface area contributed by atoms with Gasteiger partial charge >= 0.3 is 0 Å². The molecular weight excluding hydrogens is 356 g/mol. The van der Waals surface area contributed by atoms with Crippen LogP contribution in [0.1, 0.15) is 55.3 Å². The zero-order valence-corrected chi connectivity index (χ0v) is 16.3. The highest BCUT2D eigenvalue weighted by Crippen LogP contribution is 2.18. The Morgan fingerprint density at radius 1 is 1.20 bits per heavy atom. The molecule has 6 heteroatoms. The summed E-state index contributed by atoms with van der Waals surface area (Å²) in [6.45, 7) is 0. The van der Waals surface area contributed by atoms with Crippen molar-refractivity contribution in [1.82, 2.24) is 10.6 Å². The number of nitrogens with one attached hydrogen (secondary N) is 2. The average molecular weight is 383 g/mol. The Kier molecular flexibility index (Phi) is 8.62. The quantitative estimate of drug-likeness (QED) is 0.700. The van der Waals surface area contributed by atoms with Crippen LogP contribution in [0.5, 0.6) is 0 Å². The largest absolute Gasteiger partial charge is 0.352 e. The summed E-state index contributed by atoms with van der Waals surface area (Å²) in [7, 11) is 0. The first-order chi connectivity index (χ1) is 12.1. The van der Waals surface area contributed by atoms with E-state index < -0.39 is 6.04 Å². The van der Waals surface area contributed by atoms with E-state index in [0.29, 0.717) is 17.0 Å². The summed E-state index contributed by atoms with van der Waals surface area (Å²) in [5.41, 5.74) is 0.403. The van der Waals surface area contributed by atoms with Crippen molar-refractivity contribution in [3.05, 3.63) is 34.9 Å². The third-order valence-corrected chi connectivity index (χ3v) is 5.53. The number of benzene rings is 1. The van der Waals surface area contributed by atoms with Crippen LogP contribution in [0.15, 0.2) is 24.3 Å². The summed E-state index contributed by atoms with van der Waals surface area (Å²) in [5.74, 6) is 0.431. The van der Waals surface area contributed by atoms with Crippen molar-refractivity contribution in [1.29, 1.82) is 0 Å². The first-order valence-corrected chi connectivity index (χ1v) is 10.7. The molecule has 1 fully saturated rings. The fraction of sp³-hybridized carbons (Fsp3) is 0.579. The minimum absolute atomic E-state index is 0.0821. The molecule has 1 atom stereocenters. The van der Waals surface area contributed by atoms with Crippen molar-refractivity contribution in [3.63, 3.8) is 0 Å². The number of hydrogen-bond donors (Lipinski definition) is 2. The van der Waals surface area contributed by atoms with Gasteiger partial charge in [0.05, 0.1) is 10.6 Å². The van der Waals surface area contributed by atoms with Crippen molar-refractivity contribution < 1.29 is 9.59 Å². The van der Waals surface area contributed by atoms with Crippen LogP contribution in [0.3, 0.4) is 0 Å². The lowest BCUT2D eigenvalue weighted by Gasteiger charge is -2.22. The van der Waals surface area contributed by atoms with Crippen LogP contribution in [0.2, 0.25) is 5.02 Å². The van der Waals surface area contributed by atoms with Gasteiger partial charge in [0.25, 0.3) is 5.91 Å². The van der Waals surface area contributed by atoms with Crippen LogP contribution in [-0.4, -0.2) is 35.9 Å². The maximum atomic E-state index is 12.7. The van der Waals surface area contributed by atoms with Gasteiger partial charge in [-0.05, 0) is 43.4 Å². The van der Waals surface area contributed by atoms with Crippen molar-refractivity contribution in [3.8, 4) is 0 Å². The number of amides is 2. The lowest BCUT2D eigenvalue weighted by atomic mass is 10.1. The van der Waals surface area contributed by atoms with E-state index in [-0.39, 0.29) is 17.9 Å². The topological polar surface area (TPSA) is 58.2 Å². The van der Waals surface area contributed by atoms with E-state index in [9.17, 15) is 9.59 Å². The summed E-state index contributed by atoms with van der Waals surface area (Å²) in [5, 5.41) is 6.40. The Labute approximate surface area is 159 Å². The van der Waals surface area contributed by atoms with Gasteiger partial charge in [0.1, 0.15) is 6.04 Å². The molecule has 4 nitrogen and oxygen atoms in total. The van der Waals surface area contributed by atoms with Gasteiger partial charge < -0.3 is 10.6 Å². The Morgan fingerprint density at radius 3 is 2.52 bits per heavy atom. The minimum atomic E-state index is -0.528. The molecule has 0 aliphatic heterocycles. The molecule has 2 N–H and O–H groups in total. The van der Waals surface area contributed by atoms with Crippen molar-refractivity contribution in [2.75, 3.05) is 12.0 Å². The molecule has 0 heterocycles. The van der Waals surface area contributed by atoms with Gasteiger partial charge in [-0.2, -0.15) is 11.8 Å². The Bertz CT molecular complexity index is 574. The number of hydrogen-bond acceptors (Lipinski definition) is 3. The van der Waals surface area contributed by atoms with Crippen LogP contribution >= 0.6 is 23.4 Å². The number of carbonyl (C=O) groups is 2. The van der Waals surface area contributed by atoms with E-state index >= 15 is 0 Å². The third-order valence-electron chi connectivity index (χ3n) is 4.55. The molecule has 1 aliphatic rings. The molecule has 0 spiro atoms. The molecule has 0 bridgehead atoms. The standard InChI is InChI=1S/C19H27ClN2O2S/c1-25-13-12-17(19(24)21-14-8-4-2-3-5-9-14)22-18(23)15-10-6-7-11-16(15)20/h6-7,10-11,14,17H,2-5,8-9,12-13H2,1H3,(H,21,24)(H,22,23)/t17-/m1/s1. The summed E-state index contributed by atoms with van der Waals surface area (Å²) < 4.78 is 0. The molecule has 0 saturated heterocycles. The number of halogens is 1. The average Bonchev–Trinajstić information content (AvgIpc) is 2.87. The molecule has 138 valence electrons. The molecule has 0 radical (unpaired) electrons. The molecule has 1 aromatic rings. The first kappa shape index (κ1) is 20.1. The molecule has 0 aromatic heterocycles. The van der Waals surface area contributed by atoms with Gasteiger partial charge in [-0.1, -0.05) is 49.4 Å². The molecule has 25 heavy (non-hydrogen) atoms. The fourth-order valence-corrected chi connectivity index (χ4v) is 3.80. The molecule has 1 saturated carbocycles. The lowest BCUT2D eigenvalue weighted by Crippen LogP contribution is -2.49. The van der Waals surface area contributed by atoms with Crippen molar-refractivity contribution >= 4 is 35.2 Å². The lowest BCUT2D eigenvalue weighted by molar-refractivity contribution is -0.123. The molecular formula is C19H27ClN2O2S. The predicted octanol–water partition coefficient (Wildman–Crippen LogP) is 4.03. The second kappa shape index (κ2) is 10.7. The van der Waals surface area contributed by atoms with Gasteiger partial charge in [-0.3, -0.25) is 9.59 Å². The zero-order chi connectivity index (χ0) is 18.1. The van der Waals surface area contributed by atoms with Crippen LogP contribution in [0.4, 0.5) is 0 Å². The third kappa shape index (κ3) is 6.55. The monoisotopic (exact) mass is 382 g/mol. The van der Waals surface area contributed by atoms with E-state index in [2.05, 4.69) is 10.6 Å². The van der Waals surface area contributed by atoms with Gasteiger partial charge in [-0.15, -0.1) is 0 Å². The summed E-state index contributed by atoms with van der Waals surface area (Å²) in [6.07, 6.45) is 9.46. The second-order valence-corrected chi connectivity index (χ2v) is 7.88. The Morgan fingerprint density at radius 2 is 1.88 bits per heavy atom. The van der Waals surface area contributed by atoms with Crippen LogP contribution in [0.25, 0.3) is 0 Å².